The zero-order valence-corrected chi connectivity index (χ0v) is 8.46. The van der Waals surface area contributed by atoms with Crippen LogP contribution in [0.3, 0.4) is 0 Å². The molecule has 3 N–H and O–H groups in total. The SMILES string of the molecule is NC(C(=O)Nc1cnco1)c1ccccc1. The fraction of sp³-hybridized carbons (Fsp3) is 0.0909. The summed E-state index contributed by atoms with van der Waals surface area (Å²) in [5, 5.41) is 2.53. The minimum Gasteiger partial charge on any atom is -0.428 e. The number of oxazole rings is 1. The van der Waals surface area contributed by atoms with Gasteiger partial charge in [-0.1, -0.05) is 30.3 Å². The molecule has 5 nitrogen and oxygen atoms in total. The maximum absolute atomic E-state index is 11.7. The Hall–Kier alpha value is -2.14. The highest BCUT2D eigenvalue weighted by Gasteiger charge is 2.16. The number of rotatable bonds is 3. The summed E-state index contributed by atoms with van der Waals surface area (Å²) in [5.74, 6) is -0.0423. The van der Waals surface area contributed by atoms with Gasteiger partial charge in [-0.3, -0.25) is 10.1 Å². The summed E-state index contributed by atoms with van der Waals surface area (Å²) in [5.41, 5.74) is 6.53. The van der Waals surface area contributed by atoms with Crippen LogP contribution in [0.4, 0.5) is 5.88 Å². The molecule has 0 aliphatic carbocycles. The first-order chi connectivity index (χ1) is 7.77. The van der Waals surface area contributed by atoms with Crippen LogP contribution < -0.4 is 11.1 Å². The summed E-state index contributed by atoms with van der Waals surface area (Å²) >= 11 is 0. The zero-order chi connectivity index (χ0) is 11.4. The Balaban J connectivity index is 2.05. The van der Waals surface area contributed by atoms with Crippen molar-refractivity contribution in [3.05, 3.63) is 48.5 Å². The first-order valence-corrected chi connectivity index (χ1v) is 4.77. The van der Waals surface area contributed by atoms with E-state index in [1.54, 1.807) is 12.1 Å². The number of amides is 1. The summed E-state index contributed by atoms with van der Waals surface area (Å²) in [6.45, 7) is 0. The Morgan fingerprint density at radius 1 is 1.38 bits per heavy atom. The van der Waals surface area contributed by atoms with Gasteiger partial charge in [-0.05, 0) is 5.56 Å². The lowest BCUT2D eigenvalue weighted by Crippen LogP contribution is -2.27. The molecule has 82 valence electrons. The van der Waals surface area contributed by atoms with Crippen LogP contribution in [0, 0.1) is 0 Å². The second kappa shape index (κ2) is 4.59. The minimum absolute atomic E-state index is 0.288. The first kappa shape index (κ1) is 10.4. The monoisotopic (exact) mass is 217 g/mol. The van der Waals surface area contributed by atoms with Gasteiger partial charge in [-0.15, -0.1) is 0 Å². The lowest BCUT2D eigenvalue weighted by Gasteiger charge is -2.10. The van der Waals surface area contributed by atoms with E-state index in [1.165, 1.54) is 12.6 Å². The van der Waals surface area contributed by atoms with Crippen molar-refractivity contribution in [2.45, 2.75) is 6.04 Å². The molecule has 2 rings (SSSR count). The molecule has 0 aliphatic heterocycles. The minimum atomic E-state index is -0.716. The van der Waals surface area contributed by atoms with Crippen molar-refractivity contribution in [1.29, 1.82) is 0 Å². The lowest BCUT2D eigenvalue weighted by molar-refractivity contribution is -0.117. The van der Waals surface area contributed by atoms with Gasteiger partial charge in [0.2, 0.25) is 11.8 Å². The van der Waals surface area contributed by atoms with Gasteiger partial charge in [0.1, 0.15) is 6.04 Å². The Morgan fingerprint density at radius 2 is 2.12 bits per heavy atom. The third-order valence-corrected chi connectivity index (χ3v) is 2.12. The number of nitrogens with one attached hydrogen (secondary N) is 1. The van der Waals surface area contributed by atoms with Crippen molar-refractivity contribution in [3.63, 3.8) is 0 Å². The number of nitrogens with zero attached hydrogens (tertiary/aromatic N) is 1. The first-order valence-electron chi connectivity index (χ1n) is 4.77. The van der Waals surface area contributed by atoms with Gasteiger partial charge in [0.15, 0.2) is 6.39 Å². The van der Waals surface area contributed by atoms with Crippen LogP contribution in [0.2, 0.25) is 0 Å². The molecule has 1 heterocycles. The van der Waals surface area contributed by atoms with Crippen LogP contribution in [0.25, 0.3) is 0 Å². The van der Waals surface area contributed by atoms with Crippen LogP contribution in [0.15, 0.2) is 47.3 Å². The summed E-state index contributed by atoms with van der Waals surface area (Å²) in [4.78, 5) is 15.4. The number of anilines is 1. The average molecular weight is 217 g/mol. The van der Waals surface area contributed by atoms with Gasteiger partial charge in [-0.2, -0.15) is 0 Å². The molecule has 0 saturated heterocycles. The molecule has 0 spiro atoms. The van der Waals surface area contributed by atoms with E-state index in [2.05, 4.69) is 10.3 Å². The maximum Gasteiger partial charge on any atom is 0.248 e. The molecule has 1 unspecified atom stereocenters. The van der Waals surface area contributed by atoms with E-state index in [0.717, 1.165) is 5.56 Å². The number of aromatic nitrogens is 1. The predicted molar refractivity (Wildman–Crippen MR) is 58.5 cm³/mol. The Kier molecular flexibility index (Phi) is 2.98. The zero-order valence-electron chi connectivity index (χ0n) is 8.46. The second-order valence-corrected chi connectivity index (χ2v) is 3.24. The van der Waals surface area contributed by atoms with E-state index in [4.69, 9.17) is 10.2 Å². The van der Waals surface area contributed by atoms with Crippen molar-refractivity contribution in [2.24, 2.45) is 5.73 Å². The van der Waals surface area contributed by atoms with E-state index in [1.807, 2.05) is 18.2 Å². The topological polar surface area (TPSA) is 81.2 Å². The summed E-state index contributed by atoms with van der Waals surface area (Å²) in [6, 6.07) is 8.40. The van der Waals surface area contributed by atoms with E-state index < -0.39 is 6.04 Å². The molecule has 0 fully saturated rings. The Morgan fingerprint density at radius 3 is 2.75 bits per heavy atom. The predicted octanol–water partition coefficient (Wildman–Crippen LogP) is 1.31. The summed E-state index contributed by atoms with van der Waals surface area (Å²) in [7, 11) is 0. The molecule has 0 radical (unpaired) electrons. The fourth-order valence-electron chi connectivity index (χ4n) is 1.29. The van der Waals surface area contributed by atoms with Crippen molar-refractivity contribution in [3.8, 4) is 0 Å². The number of hydrogen-bond donors (Lipinski definition) is 2. The standard InChI is InChI=1S/C11H11N3O2/c12-10(8-4-2-1-3-5-8)11(15)14-9-6-13-7-16-9/h1-7,10H,12H2,(H,14,15). The smallest absolute Gasteiger partial charge is 0.248 e. The molecule has 1 aromatic heterocycles. The summed E-state index contributed by atoms with van der Waals surface area (Å²) < 4.78 is 4.89. The highest BCUT2D eigenvalue weighted by Crippen LogP contribution is 2.12. The van der Waals surface area contributed by atoms with E-state index >= 15 is 0 Å². The number of hydrogen-bond acceptors (Lipinski definition) is 4. The third kappa shape index (κ3) is 2.26. The Labute approximate surface area is 92.3 Å². The van der Waals surface area contributed by atoms with Crippen LogP contribution in [0.1, 0.15) is 11.6 Å². The van der Waals surface area contributed by atoms with E-state index in [-0.39, 0.29) is 11.8 Å². The average Bonchev–Trinajstić information content (AvgIpc) is 2.82. The molecule has 2 aromatic rings. The second-order valence-electron chi connectivity index (χ2n) is 3.24. The molecule has 1 aromatic carbocycles. The number of nitrogens with two attached hydrogens (primary N) is 1. The van der Waals surface area contributed by atoms with Crippen molar-refractivity contribution < 1.29 is 9.21 Å². The number of carbonyl (C=O) groups is 1. The molecule has 16 heavy (non-hydrogen) atoms. The molecule has 1 amide bonds. The van der Waals surface area contributed by atoms with Gasteiger partial charge in [0, 0.05) is 0 Å². The van der Waals surface area contributed by atoms with Gasteiger partial charge in [0.05, 0.1) is 6.20 Å². The van der Waals surface area contributed by atoms with Crippen molar-refractivity contribution >= 4 is 11.8 Å². The number of carbonyl (C=O) groups excluding carboxylic acids is 1. The highest BCUT2D eigenvalue weighted by molar-refractivity contribution is 5.94. The van der Waals surface area contributed by atoms with Gasteiger partial charge in [-0.25, -0.2) is 4.98 Å². The quantitative estimate of drug-likeness (QED) is 0.812. The van der Waals surface area contributed by atoms with Crippen LogP contribution in [-0.4, -0.2) is 10.9 Å². The van der Waals surface area contributed by atoms with Crippen LogP contribution in [-0.2, 0) is 4.79 Å². The van der Waals surface area contributed by atoms with Crippen LogP contribution >= 0.6 is 0 Å². The lowest BCUT2D eigenvalue weighted by atomic mass is 10.1. The molecule has 1 atom stereocenters. The number of benzene rings is 1. The molecule has 0 bridgehead atoms. The largest absolute Gasteiger partial charge is 0.428 e. The van der Waals surface area contributed by atoms with E-state index in [9.17, 15) is 4.79 Å². The molecule has 5 heteroatoms. The maximum atomic E-state index is 11.7. The third-order valence-electron chi connectivity index (χ3n) is 2.12. The molecule has 0 aliphatic rings. The molecule has 0 saturated carbocycles. The summed E-state index contributed by atoms with van der Waals surface area (Å²) in [6.07, 6.45) is 2.65. The fourth-order valence-corrected chi connectivity index (χ4v) is 1.29. The van der Waals surface area contributed by atoms with Crippen molar-refractivity contribution in [2.75, 3.05) is 5.32 Å². The van der Waals surface area contributed by atoms with Gasteiger partial charge in [0.25, 0.3) is 0 Å². The van der Waals surface area contributed by atoms with Gasteiger partial charge >= 0.3 is 0 Å². The molecular weight excluding hydrogens is 206 g/mol. The van der Waals surface area contributed by atoms with Crippen molar-refractivity contribution in [1.82, 2.24) is 4.98 Å². The molecular formula is C11H11N3O2. The Bertz CT molecular complexity index is 453. The van der Waals surface area contributed by atoms with Crippen LogP contribution in [0.5, 0.6) is 0 Å². The normalized spacial score (nSPS) is 12.1. The van der Waals surface area contributed by atoms with E-state index in [0.29, 0.717) is 0 Å². The van der Waals surface area contributed by atoms with Gasteiger partial charge < -0.3 is 10.2 Å². The highest BCUT2D eigenvalue weighted by atomic mass is 16.4.